The fourth-order valence-corrected chi connectivity index (χ4v) is 1.61. The lowest BCUT2D eigenvalue weighted by atomic mass is 10.1. The van der Waals surface area contributed by atoms with E-state index in [-0.39, 0.29) is 0 Å². The smallest absolute Gasteiger partial charge is 0.125 e. The average molecular weight is 206 g/mol. The van der Waals surface area contributed by atoms with Gasteiger partial charge < -0.3 is 9.47 Å². The van der Waals surface area contributed by atoms with E-state index in [0.29, 0.717) is 0 Å². The standard InChI is InChI=1S/C13H18O2/c1-3-11-6-7-12(8-13(11)14-2)15-9-10-4-5-10/h6-8,10H,3-5,9H2,1-2H3. The third-order valence-electron chi connectivity index (χ3n) is 2.82. The van der Waals surface area contributed by atoms with Crippen molar-refractivity contribution in [1.29, 1.82) is 0 Å². The lowest BCUT2D eigenvalue weighted by molar-refractivity contribution is 0.297. The molecule has 0 unspecified atom stereocenters. The van der Waals surface area contributed by atoms with Crippen molar-refractivity contribution < 1.29 is 9.47 Å². The second-order valence-electron chi connectivity index (χ2n) is 4.08. The molecule has 2 heteroatoms. The molecule has 0 aliphatic heterocycles. The van der Waals surface area contributed by atoms with E-state index < -0.39 is 0 Å². The molecule has 1 aliphatic rings. The van der Waals surface area contributed by atoms with Gasteiger partial charge in [-0.15, -0.1) is 0 Å². The summed E-state index contributed by atoms with van der Waals surface area (Å²) in [4.78, 5) is 0. The Morgan fingerprint density at radius 1 is 1.33 bits per heavy atom. The fraction of sp³-hybridized carbons (Fsp3) is 0.538. The highest BCUT2D eigenvalue weighted by molar-refractivity contribution is 5.40. The number of rotatable bonds is 5. The quantitative estimate of drug-likeness (QED) is 0.737. The Balaban J connectivity index is 2.03. The maximum absolute atomic E-state index is 5.69. The van der Waals surface area contributed by atoms with E-state index in [0.717, 1.165) is 30.4 Å². The highest BCUT2D eigenvalue weighted by Gasteiger charge is 2.21. The summed E-state index contributed by atoms with van der Waals surface area (Å²) in [6, 6.07) is 6.10. The molecule has 0 N–H and O–H groups in total. The van der Waals surface area contributed by atoms with Crippen LogP contribution in [-0.2, 0) is 6.42 Å². The van der Waals surface area contributed by atoms with Crippen LogP contribution in [0.15, 0.2) is 18.2 Å². The van der Waals surface area contributed by atoms with E-state index in [9.17, 15) is 0 Å². The van der Waals surface area contributed by atoms with Crippen LogP contribution in [0.1, 0.15) is 25.3 Å². The van der Waals surface area contributed by atoms with Crippen LogP contribution in [0.25, 0.3) is 0 Å². The van der Waals surface area contributed by atoms with Crippen LogP contribution in [0.4, 0.5) is 0 Å². The summed E-state index contributed by atoms with van der Waals surface area (Å²) >= 11 is 0. The second-order valence-corrected chi connectivity index (χ2v) is 4.08. The van der Waals surface area contributed by atoms with Gasteiger partial charge in [0, 0.05) is 6.07 Å². The van der Waals surface area contributed by atoms with Gasteiger partial charge in [0.15, 0.2) is 0 Å². The molecule has 2 rings (SSSR count). The van der Waals surface area contributed by atoms with Gasteiger partial charge in [-0.05, 0) is 36.8 Å². The predicted molar refractivity (Wildman–Crippen MR) is 60.6 cm³/mol. The van der Waals surface area contributed by atoms with Crippen molar-refractivity contribution in [3.8, 4) is 11.5 Å². The second kappa shape index (κ2) is 4.56. The zero-order valence-corrected chi connectivity index (χ0v) is 9.45. The van der Waals surface area contributed by atoms with E-state index in [2.05, 4.69) is 13.0 Å². The molecule has 0 atom stereocenters. The van der Waals surface area contributed by atoms with Gasteiger partial charge in [-0.3, -0.25) is 0 Å². The zero-order chi connectivity index (χ0) is 10.7. The van der Waals surface area contributed by atoms with Gasteiger partial charge in [-0.25, -0.2) is 0 Å². The first kappa shape index (κ1) is 10.3. The monoisotopic (exact) mass is 206 g/mol. The first-order valence-corrected chi connectivity index (χ1v) is 5.63. The van der Waals surface area contributed by atoms with Crippen LogP contribution in [0.3, 0.4) is 0 Å². The SMILES string of the molecule is CCc1ccc(OCC2CC2)cc1OC. The topological polar surface area (TPSA) is 18.5 Å². The molecule has 1 aromatic carbocycles. The molecule has 1 fully saturated rings. The number of hydrogen-bond acceptors (Lipinski definition) is 2. The summed E-state index contributed by atoms with van der Waals surface area (Å²) < 4.78 is 11.0. The van der Waals surface area contributed by atoms with Crippen LogP contribution < -0.4 is 9.47 Å². The van der Waals surface area contributed by atoms with Gasteiger partial charge in [0.25, 0.3) is 0 Å². The van der Waals surface area contributed by atoms with E-state index in [1.54, 1.807) is 7.11 Å². The minimum atomic E-state index is 0.793. The van der Waals surface area contributed by atoms with Crippen LogP contribution in [-0.4, -0.2) is 13.7 Å². The molecule has 82 valence electrons. The van der Waals surface area contributed by atoms with Crippen LogP contribution in [0.5, 0.6) is 11.5 Å². The Labute approximate surface area is 91.2 Å². The molecule has 15 heavy (non-hydrogen) atoms. The van der Waals surface area contributed by atoms with E-state index in [4.69, 9.17) is 9.47 Å². The number of ether oxygens (including phenoxy) is 2. The third kappa shape index (κ3) is 2.65. The van der Waals surface area contributed by atoms with Gasteiger partial charge in [0.1, 0.15) is 11.5 Å². The van der Waals surface area contributed by atoms with Gasteiger partial charge in [0.05, 0.1) is 13.7 Å². The number of aryl methyl sites for hydroxylation is 1. The fourth-order valence-electron chi connectivity index (χ4n) is 1.61. The van der Waals surface area contributed by atoms with Crippen molar-refractivity contribution in [2.75, 3.05) is 13.7 Å². The van der Waals surface area contributed by atoms with Crippen molar-refractivity contribution >= 4 is 0 Å². The van der Waals surface area contributed by atoms with E-state index in [1.165, 1.54) is 18.4 Å². The van der Waals surface area contributed by atoms with Crippen molar-refractivity contribution in [2.24, 2.45) is 5.92 Å². The summed E-state index contributed by atoms with van der Waals surface area (Å²) in [5.41, 5.74) is 1.23. The molecule has 1 aromatic rings. The minimum Gasteiger partial charge on any atom is -0.496 e. The summed E-state index contributed by atoms with van der Waals surface area (Å²) in [5.74, 6) is 2.66. The lowest BCUT2D eigenvalue weighted by Crippen LogP contribution is -2.00. The summed E-state index contributed by atoms with van der Waals surface area (Å²) in [6.07, 6.45) is 3.64. The van der Waals surface area contributed by atoms with Gasteiger partial charge >= 0.3 is 0 Å². The Kier molecular flexibility index (Phi) is 3.14. The van der Waals surface area contributed by atoms with Crippen LogP contribution in [0, 0.1) is 5.92 Å². The molecule has 0 heterocycles. The molecule has 0 spiro atoms. The van der Waals surface area contributed by atoms with Crippen molar-refractivity contribution in [3.05, 3.63) is 23.8 Å². The normalized spacial score (nSPS) is 15.1. The Morgan fingerprint density at radius 3 is 2.73 bits per heavy atom. The molecule has 0 aromatic heterocycles. The van der Waals surface area contributed by atoms with Crippen molar-refractivity contribution in [2.45, 2.75) is 26.2 Å². The maximum atomic E-state index is 5.69. The molecule has 0 amide bonds. The lowest BCUT2D eigenvalue weighted by Gasteiger charge is -2.10. The molecular formula is C13H18O2. The summed E-state index contributed by atoms with van der Waals surface area (Å²) in [6.45, 7) is 2.98. The Bertz CT molecular complexity index is 329. The summed E-state index contributed by atoms with van der Waals surface area (Å²) in [7, 11) is 1.71. The molecular weight excluding hydrogens is 188 g/mol. The van der Waals surface area contributed by atoms with Crippen LogP contribution in [0.2, 0.25) is 0 Å². The third-order valence-corrected chi connectivity index (χ3v) is 2.82. The molecule has 1 aliphatic carbocycles. The number of hydrogen-bond donors (Lipinski definition) is 0. The van der Waals surface area contributed by atoms with Gasteiger partial charge in [0.2, 0.25) is 0 Å². The first-order chi connectivity index (χ1) is 7.33. The van der Waals surface area contributed by atoms with Gasteiger partial charge in [-0.2, -0.15) is 0 Å². The average Bonchev–Trinajstić information content (AvgIpc) is 3.09. The Hall–Kier alpha value is -1.18. The number of benzene rings is 1. The van der Waals surface area contributed by atoms with Crippen molar-refractivity contribution in [1.82, 2.24) is 0 Å². The highest BCUT2D eigenvalue weighted by Crippen LogP contribution is 2.31. The number of methoxy groups -OCH3 is 1. The van der Waals surface area contributed by atoms with Crippen molar-refractivity contribution in [3.63, 3.8) is 0 Å². The first-order valence-electron chi connectivity index (χ1n) is 5.63. The highest BCUT2D eigenvalue weighted by atomic mass is 16.5. The Morgan fingerprint density at radius 2 is 2.13 bits per heavy atom. The summed E-state index contributed by atoms with van der Waals surface area (Å²) in [5, 5.41) is 0. The predicted octanol–water partition coefficient (Wildman–Crippen LogP) is 3.05. The molecule has 0 bridgehead atoms. The van der Waals surface area contributed by atoms with E-state index >= 15 is 0 Å². The molecule has 0 radical (unpaired) electrons. The molecule has 2 nitrogen and oxygen atoms in total. The minimum absolute atomic E-state index is 0.793. The zero-order valence-electron chi connectivity index (χ0n) is 9.45. The molecule has 0 saturated heterocycles. The largest absolute Gasteiger partial charge is 0.496 e. The molecule has 1 saturated carbocycles. The van der Waals surface area contributed by atoms with E-state index in [1.807, 2.05) is 12.1 Å². The van der Waals surface area contributed by atoms with Gasteiger partial charge in [-0.1, -0.05) is 13.0 Å². The maximum Gasteiger partial charge on any atom is 0.125 e. The van der Waals surface area contributed by atoms with Crippen LogP contribution >= 0.6 is 0 Å².